The number of benzene rings is 1. The maximum atomic E-state index is 12.1. The van der Waals surface area contributed by atoms with Crippen LogP contribution in [0.1, 0.15) is 26.3 Å². The van der Waals surface area contributed by atoms with Crippen LogP contribution in [0.15, 0.2) is 29.2 Å². The molecule has 1 atom stereocenters. The molecule has 0 amide bonds. The average Bonchev–Trinajstić information content (AvgIpc) is 2.27. The minimum Gasteiger partial charge on any atom is -0.326 e. The molecule has 1 unspecified atom stereocenters. The van der Waals surface area contributed by atoms with Crippen molar-refractivity contribution in [3.8, 4) is 0 Å². The van der Waals surface area contributed by atoms with E-state index >= 15 is 0 Å². The first-order valence-corrected chi connectivity index (χ1v) is 7.29. The molecular weight excluding hydrogens is 248 g/mol. The van der Waals surface area contributed by atoms with Crippen LogP contribution in [0, 0.1) is 12.3 Å². The summed E-state index contributed by atoms with van der Waals surface area (Å²) < 4.78 is 26.8. The van der Waals surface area contributed by atoms with E-state index < -0.39 is 16.1 Å². The van der Waals surface area contributed by atoms with E-state index in [0.717, 1.165) is 5.56 Å². The maximum Gasteiger partial charge on any atom is 0.240 e. The second kappa shape index (κ2) is 5.38. The third kappa shape index (κ3) is 3.80. The van der Waals surface area contributed by atoms with Crippen molar-refractivity contribution < 1.29 is 8.42 Å². The molecule has 0 heterocycles. The molecular formula is C13H21N2O2S. The first-order chi connectivity index (χ1) is 8.16. The summed E-state index contributed by atoms with van der Waals surface area (Å²) in [5.41, 5.74) is 6.14. The standard InChI is InChI=1S/C13H21N2O2S/c1-10(13(2,3)4)15-18(16,17)12-7-5-11(9-14)6-8-12/h5-8,10,15H,1,9,14H2,2-4H3. The fourth-order valence-electron chi connectivity index (χ4n) is 1.24. The molecule has 1 aromatic carbocycles. The molecule has 0 aromatic heterocycles. The number of hydrogen-bond acceptors (Lipinski definition) is 3. The molecule has 0 aliphatic heterocycles. The SMILES string of the molecule is [CH2]C(NS(=O)(=O)c1ccc(CN)cc1)C(C)(C)C. The van der Waals surface area contributed by atoms with Gasteiger partial charge in [0.15, 0.2) is 0 Å². The van der Waals surface area contributed by atoms with Crippen molar-refractivity contribution >= 4 is 10.0 Å². The summed E-state index contributed by atoms with van der Waals surface area (Å²) >= 11 is 0. The third-order valence-corrected chi connectivity index (χ3v) is 4.30. The fraction of sp³-hybridized carbons (Fsp3) is 0.462. The molecule has 0 saturated carbocycles. The lowest BCUT2D eigenvalue weighted by Gasteiger charge is -2.27. The second-order valence-corrected chi connectivity index (χ2v) is 7.10. The van der Waals surface area contributed by atoms with E-state index in [1.54, 1.807) is 24.3 Å². The Hall–Kier alpha value is -0.910. The average molecular weight is 269 g/mol. The topological polar surface area (TPSA) is 72.2 Å². The third-order valence-electron chi connectivity index (χ3n) is 2.81. The predicted octanol–water partition coefficient (Wildman–Crippen LogP) is 1.67. The Bertz CT molecular complexity index is 487. The monoisotopic (exact) mass is 269 g/mol. The van der Waals surface area contributed by atoms with E-state index in [9.17, 15) is 8.42 Å². The zero-order chi connectivity index (χ0) is 14.0. The summed E-state index contributed by atoms with van der Waals surface area (Å²) in [4.78, 5) is 0.234. The molecule has 4 nitrogen and oxygen atoms in total. The molecule has 1 rings (SSSR count). The molecule has 18 heavy (non-hydrogen) atoms. The van der Waals surface area contributed by atoms with Crippen molar-refractivity contribution in [3.05, 3.63) is 36.8 Å². The number of sulfonamides is 1. The van der Waals surface area contributed by atoms with Gasteiger partial charge in [0, 0.05) is 12.6 Å². The highest BCUT2D eigenvalue weighted by Gasteiger charge is 2.25. The van der Waals surface area contributed by atoms with Crippen molar-refractivity contribution in [2.24, 2.45) is 11.1 Å². The highest BCUT2D eigenvalue weighted by Crippen LogP contribution is 2.20. The predicted molar refractivity (Wildman–Crippen MR) is 73.3 cm³/mol. The first-order valence-electron chi connectivity index (χ1n) is 5.81. The normalized spacial score (nSPS) is 14.5. The van der Waals surface area contributed by atoms with E-state index in [2.05, 4.69) is 11.6 Å². The number of nitrogens with two attached hydrogens (primary N) is 1. The molecule has 5 heteroatoms. The van der Waals surface area contributed by atoms with Gasteiger partial charge >= 0.3 is 0 Å². The Labute approximate surface area is 110 Å². The molecule has 0 aliphatic carbocycles. The van der Waals surface area contributed by atoms with Gasteiger partial charge in [0.05, 0.1) is 4.90 Å². The van der Waals surface area contributed by atoms with Gasteiger partial charge in [-0.1, -0.05) is 32.9 Å². The molecule has 1 radical (unpaired) electrons. The molecule has 0 saturated heterocycles. The van der Waals surface area contributed by atoms with Gasteiger partial charge in [-0.25, -0.2) is 13.1 Å². The largest absolute Gasteiger partial charge is 0.326 e. The van der Waals surface area contributed by atoms with E-state index in [1.807, 2.05) is 20.8 Å². The van der Waals surface area contributed by atoms with Crippen LogP contribution in [0.4, 0.5) is 0 Å². The van der Waals surface area contributed by atoms with Crippen LogP contribution in [0.25, 0.3) is 0 Å². The van der Waals surface area contributed by atoms with E-state index in [0.29, 0.717) is 6.54 Å². The highest BCUT2D eigenvalue weighted by atomic mass is 32.2. The van der Waals surface area contributed by atoms with Crippen molar-refractivity contribution in [1.29, 1.82) is 0 Å². The molecule has 101 valence electrons. The number of hydrogen-bond donors (Lipinski definition) is 2. The smallest absolute Gasteiger partial charge is 0.240 e. The van der Waals surface area contributed by atoms with Crippen LogP contribution in [-0.4, -0.2) is 14.5 Å². The second-order valence-electron chi connectivity index (χ2n) is 5.39. The molecule has 0 fully saturated rings. The Balaban J connectivity index is 2.93. The zero-order valence-electron chi connectivity index (χ0n) is 11.1. The fourth-order valence-corrected chi connectivity index (χ4v) is 2.60. The maximum absolute atomic E-state index is 12.1. The zero-order valence-corrected chi connectivity index (χ0v) is 11.9. The number of nitrogens with one attached hydrogen (secondary N) is 1. The van der Waals surface area contributed by atoms with Gasteiger partial charge in [-0.15, -0.1) is 0 Å². The van der Waals surface area contributed by atoms with Crippen molar-refractivity contribution in [1.82, 2.24) is 4.72 Å². The minimum absolute atomic E-state index is 0.232. The van der Waals surface area contributed by atoms with E-state index in [1.165, 1.54) is 0 Å². The van der Waals surface area contributed by atoms with Crippen LogP contribution < -0.4 is 10.5 Å². The molecule has 1 aromatic rings. The van der Waals surface area contributed by atoms with Crippen molar-refractivity contribution in [3.63, 3.8) is 0 Å². The van der Waals surface area contributed by atoms with Gasteiger partial charge in [0.1, 0.15) is 0 Å². The lowest BCUT2D eigenvalue weighted by Crippen LogP contribution is -2.41. The van der Waals surface area contributed by atoms with E-state index in [-0.39, 0.29) is 10.3 Å². The van der Waals surface area contributed by atoms with Crippen LogP contribution in [0.5, 0.6) is 0 Å². The Morgan fingerprint density at radius 2 is 1.78 bits per heavy atom. The molecule has 0 aliphatic rings. The minimum atomic E-state index is -3.52. The van der Waals surface area contributed by atoms with Gasteiger partial charge in [0.25, 0.3) is 0 Å². The summed E-state index contributed by atoms with van der Waals surface area (Å²) in [6, 6.07) is 6.14. The highest BCUT2D eigenvalue weighted by molar-refractivity contribution is 7.89. The molecule has 3 N–H and O–H groups in total. The van der Waals surface area contributed by atoms with Crippen molar-refractivity contribution in [2.75, 3.05) is 0 Å². The summed E-state index contributed by atoms with van der Waals surface area (Å²) in [5, 5.41) is 0. The quantitative estimate of drug-likeness (QED) is 0.873. The summed E-state index contributed by atoms with van der Waals surface area (Å²) in [5.74, 6) is 0. The van der Waals surface area contributed by atoms with Gasteiger partial charge < -0.3 is 5.73 Å². The van der Waals surface area contributed by atoms with Crippen LogP contribution in [0.2, 0.25) is 0 Å². The molecule has 0 bridgehead atoms. The lowest BCUT2D eigenvalue weighted by atomic mass is 9.89. The Kier molecular flexibility index (Phi) is 4.53. The van der Waals surface area contributed by atoms with Crippen LogP contribution in [0.3, 0.4) is 0 Å². The Morgan fingerprint density at radius 3 is 2.17 bits per heavy atom. The summed E-state index contributed by atoms with van der Waals surface area (Å²) in [7, 11) is -3.52. The van der Waals surface area contributed by atoms with Crippen molar-refractivity contribution in [2.45, 2.75) is 38.3 Å². The lowest BCUT2D eigenvalue weighted by molar-refractivity contribution is 0.342. The number of rotatable bonds is 4. The van der Waals surface area contributed by atoms with Gasteiger partial charge in [-0.05, 0) is 30.0 Å². The van der Waals surface area contributed by atoms with Crippen LogP contribution >= 0.6 is 0 Å². The van der Waals surface area contributed by atoms with E-state index in [4.69, 9.17) is 5.73 Å². The summed E-state index contributed by atoms with van der Waals surface area (Å²) in [6.07, 6.45) is 0. The van der Waals surface area contributed by atoms with Crippen LogP contribution in [-0.2, 0) is 16.6 Å². The Morgan fingerprint density at radius 1 is 1.28 bits per heavy atom. The van der Waals surface area contributed by atoms with Gasteiger partial charge in [-0.2, -0.15) is 0 Å². The summed E-state index contributed by atoms with van der Waals surface area (Å²) in [6.45, 7) is 10.0. The van der Waals surface area contributed by atoms with Gasteiger partial charge in [0.2, 0.25) is 10.0 Å². The molecule has 0 spiro atoms. The van der Waals surface area contributed by atoms with Gasteiger partial charge in [-0.3, -0.25) is 0 Å². The first kappa shape index (κ1) is 15.1.